The number of nitrogen functional groups attached to an aromatic ring is 1. The molecule has 0 unspecified atom stereocenters. The number of halogens is 1. The van der Waals surface area contributed by atoms with Gasteiger partial charge in [-0.25, -0.2) is 9.50 Å². The Kier molecular flexibility index (Phi) is 5.13. The number of ketones is 1. The van der Waals surface area contributed by atoms with Gasteiger partial charge in [-0.2, -0.15) is 5.10 Å². The number of aromatic nitrogens is 3. The summed E-state index contributed by atoms with van der Waals surface area (Å²) in [5.74, 6) is 0.182. The van der Waals surface area contributed by atoms with Crippen LogP contribution in [0.4, 0.5) is 11.5 Å². The number of carbonyl (C=O) groups excluding carboxylic acids is 1. The lowest BCUT2D eigenvalue weighted by Gasteiger charge is -2.40. The molecule has 2 N–H and O–H groups in total. The highest BCUT2D eigenvalue weighted by molar-refractivity contribution is 9.10. The van der Waals surface area contributed by atoms with Crippen molar-refractivity contribution in [3.8, 4) is 0 Å². The van der Waals surface area contributed by atoms with Crippen LogP contribution in [-0.4, -0.2) is 34.7 Å². The molecular weight excluding hydrogens is 422 g/mol. The van der Waals surface area contributed by atoms with Crippen molar-refractivity contribution in [1.82, 2.24) is 14.6 Å². The molecule has 0 aliphatic carbocycles. The van der Waals surface area contributed by atoms with Gasteiger partial charge in [0.15, 0.2) is 11.6 Å². The van der Waals surface area contributed by atoms with Gasteiger partial charge in [-0.1, -0.05) is 31.8 Å². The van der Waals surface area contributed by atoms with E-state index in [4.69, 9.17) is 5.73 Å². The van der Waals surface area contributed by atoms with Crippen LogP contribution >= 0.6 is 15.9 Å². The Labute approximate surface area is 168 Å². The number of anilines is 2. The molecule has 27 heavy (non-hydrogen) atoms. The molecule has 3 rings (SSSR count). The molecule has 0 aliphatic rings. The maximum atomic E-state index is 13.3. The summed E-state index contributed by atoms with van der Waals surface area (Å²) in [7, 11) is -1.61. The Morgan fingerprint density at radius 3 is 2.59 bits per heavy atom. The molecule has 0 radical (unpaired) electrons. The smallest absolute Gasteiger partial charge is 0.195 e. The summed E-state index contributed by atoms with van der Waals surface area (Å²) >= 11 is 3.44. The molecule has 0 aliphatic heterocycles. The summed E-state index contributed by atoms with van der Waals surface area (Å²) in [5.41, 5.74) is 8.72. The summed E-state index contributed by atoms with van der Waals surface area (Å²) in [6, 6.07) is 9.92. The third kappa shape index (κ3) is 3.64. The molecule has 2 aromatic heterocycles. The Balaban J connectivity index is 2.10. The van der Waals surface area contributed by atoms with Crippen LogP contribution in [0.1, 0.15) is 29.8 Å². The molecule has 0 bridgehead atoms. The lowest BCUT2D eigenvalue weighted by Crippen LogP contribution is -2.50. The zero-order valence-electron chi connectivity index (χ0n) is 16.2. The van der Waals surface area contributed by atoms with E-state index in [0.29, 0.717) is 27.3 Å². The minimum Gasteiger partial charge on any atom is -0.396 e. The van der Waals surface area contributed by atoms with E-state index in [1.165, 1.54) is 6.33 Å². The van der Waals surface area contributed by atoms with E-state index in [1.807, 2.05) is 18.2 Å². The molecule has 0 fully saturated rings. The molecule has 0 atom stereocenters. The monoisotopic (exact) mass is 445 g/mol. The molecule has 8 heteroatoms. The minimum absolute atomic E-state index is 0.0965. The number of benzene rings is 1. The normalized spacial score (nSPS) is 12.0. The topological polar surface area (TPSA) is 76.5 Å². The Morgan fingerprint density at radius 1 is 1.26 bits per heavy atom. The number of hydrogen-bond donors (Lipinski definition) is 1. The molecule has 2 heterocycles. The molecular formula is C19H24BrN5OSi. The summed E-state index contributed by atoms with van der Waals surface area (Å²) in [5, 5.41) is 4.16. The first-order chi connectivity index (χ1) is 12.6. The largest absolute Gasteiger partial charge is 0.396 e. The predicted octanol–water partition coefficient (Wildman–Crippen LogP) is 4.35. The molecule has 1 aromatic carbocycles. The zero-order chi connectivity index (χ0) is 19.9. The predicted molar refractivity (Wildman–Crippen MR) is 116 cm³/mol. The van der Waals surface area contributed by atoms with Gasteiger partial charge in [0.1, 0.15) is 24.7 Å². The van der Waals surface area contributed by atoms with Crippen molar-refractivity contribution in [2.24, 2.45) is 0 Å². The number of nitrogens with two attached hydrogens (primary N) is 1. The third-order valence-corrected chi connectivity index (χ3v) is 7.19. The minimum atomic E-state index is -1.61. The van der Waals surface area contributed by atoms with Gasteiger partial charge in [-0.05, 0) is 48.0 Å². The number of rotatable bonds is 5. The average molecular weight is 446 g/mol. The average Bonchev–Trinajstić information content (AvgIpc) is 2.91. The van der Waals surface area contributed by atoms with Gasteiger partial charge < -0.3 is 10.3 Å². The van der Waals surface area contributed by atoms with Crippen LogP contribution in [0.2, 0.25) is 19.6 Å². The van der Waals surface area contributed by atoms with Crippen molar-refractivity contribution >= 4 is 47.0 Å². The number of fused-ring (bicyclic) bond motifs is 1. The maximum Gasteiger partial charge on any atom is 0.195 e. The van der Waals surface area contributed by atoms with Crippen molar-refractivity contribution in [1.29, 1.82) is 0 Å². The highest BCUT2D eigenvalue weighted by atomic mass is 79.9. The molecule has 0 saturated heterocycles. The fraction of sp³-hybridized carbons (Fsp3) is 0.316. The number of carbonyl (C=O) groups is 1. The van der Waals surface area contributed by atoms with Gasteiger partial charge in [0.25, 0.3) is 0 Å². The fourth-order valence-corrected chi connectivity index (χ4v) is 6.58. The molecule has 0 amide bonds. The van der Waals surface area contributed by atoms with Gasteiger partial charge in [0.2, 0.25) is 0 Å². The SMILES string of the molecule is CC(C)N(c1cccc(C(=O)c2cc(Br)n3ncnc(N)c23)c1)[Si](C)(C)C. The Bertz CT molecular complexity index is 1010. The van der Waals surface area contributed by atoms with Gasteiger partial charge in [-0.3, -0.25) is 4.79 Å². The maximum absolute atomic E-state index is 13.3. The first-order valence-corrected chi connectivity index (χ1v) is 13.1. The highest BCUT2D eigenvalue weighted by Gasteiger charge is 2.27. The lowest BCUT2D eigenvalue weighted by molar-refractivity contribution is 0.104. The second-order valence-corrected chi connectivity index (χ2v) is 13.4. The van der Waals surface area contributed by atoms with Crippen LogP contribution in [0.5, 0.6) is 0 Å². The summed E-state index contributed by atoms with van der Waals surface area (Å²) in [4.78, 5) is 17.3. The second-order valence-electron chi connectivity index (χ2n) is 7.80. The van der Waals surface area contributed by atoms with Crippen molar-refractivity contribution in [3.05, 3.63) is 52.4 Å². The van der Waals surface area contributed by atoms with E-state index < -0.39 is 8.24 Å². The summed E-state index contributed by atoms with van der Waals surface area (Å²) < 4.78 is 4.69. The van der Waals surface area contributed by atoms with E-state index in [1.54, 1.807) is 10.6 Å². The molecule has 3 aromatic rings. The first-order valence-electron chi connectivity index (χ1n) is 8.83. The van der Waals surface area contributed by atoms with E-state index in [2.05, 4.69) is 70.1 Å². The summed E-state index contributed by atoms with van der Waals surface area (Å²) in [6.07, 6.45) is 1.37. The van der Waals surface area contributed by atoms with Crippen molar-refractivity contribution in [2.45, 2.75) is 39.5 Å². The van der Waals surface area contributed by atoms with Crippen LogP contribution in [0.3, 0.4) is 0 Å². The van der Waals surface area contributed by atoms with Crippen LogP contribution in [-0.2, 0) is 0 Å². The molecule has 0 spiro atoms. The Morgan fingerprint density at radius 2 is 1.96 bits per heavy atom. The Hall–Kier alpha value is -2.19. The van der Waals surface area contributed by atoms with Crippen molar-refractivity contribution in [3.63, 3.8) is 0 Å². The van der Waals surface area contributed by atoms with Crippen LogP contribution < -0.4 is 10.3 Å². The van der Waals surface area contributed by atoms with Crippen molar-refractivity contribution < 1.29 is 4.79 Å². The third-order valence-electron chi connectivity index (χ3n) is 4.41. The first kappa shape index (κ1) is 19.6. The second kappa shape index (κ2) is 7.08. The molecule has 6 nitrogen and oxygen atoms in total. The van der Waals surface area contributed by atoms with Crippen LogP contribution in [0, 0.1) is 0 Å². The van der Waals surface area contributed by atoms with Crippen molar-refractivity contribution in [2.75, 3.05) is 10.3 Å². The lowest BCUT2D eigenvalue weighted by atomic mass is 10.0. The van der Waals surface area contributed by atoms with Gasteiger partial charge in [-0.15, -0.1) is 0 Å². The molecule has 142 valence electrons. The van der Waals surface area contributed by atoms with Crippen LogP contribution in [0.15, 0.2) is 41.3 Å². The fourth-order valence-electron chi connectivity index (χ4n) is 3.62. The standard InChI is InChI=1S/C19H24BrN5OSi/c1-12(2)25(27(3,4)5)14-8-6-7-13(9-14)18(26)15-10-16(20)24-17(15)19(21)22-11-23-24/h6-12H,1-5H3,(H2,21,22,23). The van der Waals surface area contributed by atoms with E-state index in [-0.39, 0.29) is 11.6 Å². The van der Waals surface area contributed by atoms with E-state index in [9.17, 15) is 4.79 Å². The van der Waals surface area contributed by atoms with Gasteiger partial charge >= 0.3 is 0 Å². The van der Waals surface area contributed by atoms with Crippen LogP contribution in [0.25, 0.3) is 5.52 Å². The van der Waals surface area contributed by atoms with E-state index >= 15 is 0 Å². The van der Waals surface area contributed by atoms with Gasteiger partial charge in [0, 0.05) is 17.3 Å². The summed E-state index contributed by atoms with van der Waals surface area (Å²) in [6.45, 7) is 11.3. The van der Waals surface area contributed by atoms with Gasteiger partial charge in [0.05, 0.1) is 5.56 Å². The molecule has 0 saturated carbocycles. The number of nitrogens with zero attached hydrogens (tertiary/aromatic N) is 4. The van der Waals surface area contributed by atoms with E-state index in [0.717, 1.165) is 5.69 Å². The zero-order valence-corrected chi connectivity index (χ0v) is 18.8. The number of hydrogen-bond acceptors (Lipinski definition) is 5. The highest BCUT2D eigenvalue weighted by Crippen LogP contribution is 2.29. The quantitative estimate of drug-likeness (QED) is 0.466.